The van der Waals surface area contributed by atoms with Gasteiger partial charge in [0.15, 0.2) is 6.61 Å². The molecule has 7 heteroatoms. The molecule has 0 radical (unpaired) electrons. The molecule has 0 bridgehead atoms. The summed E-state index contributed by atoms with van der Waals surface area (Å²) >= 11 is 3.29. The Morgan fingerprint density at radius 3 is 2.38 bits per heavy atom. The van der Waals surface area contributed by atoms with Gasteiger partial charge in [0.05, 0.1) is 6.42 Å². The molecule has 1 rings (SSSR count). The van der Waals surface area contributed by atoms with E-state index in [1.54, 1.807) is 26.0 Å². The molecule has 6 nitrogen and oxygen atoms in total. The van der Waals surface area contributed by atoms with Crippen molar-refractivity contribution in [1.29, 1.82) is 0 Å². The van der Waals surface area contributed by atoms with Crippen LogP contribution in [0.3, 0.4) is 0 Å². The summed E-state index contributed by atoms with van der Waals surface area (Å²) in [5.74, 6) is -1.20. The first-order valence-corrected chi connectivity index (χ1v) is 7.16. The highest BCUT2D eigenvalue weighted by atomic mass is 79.9. The molecule has 114 valence electrons. The maximum absolute atomic E-state index is 11.6. The van der Waals surface area contributed by atoms with Crippen molar-refractivity contribution in [3.63, 3.8) is 0 Å². The molecule has 3 amide bonds. The molecule has 1 aromatic carbocycles. The molecule has 0 atom stereocenters. The van der Waals surface area contributed by atoms with Crippen LogP contribution in [-0.4, -0.2) is 30.6 Å². The zero-order valence-electron chi connectivity index (χ0n) is 11.8. The Morgan fingerprint density at radius 1 is 1.19 bits per heavy atom. The number of esters is 1. The summed E-state index contributed by atoms with van der Waals surface area (Å²) in [6.07, 6.45) is 0.0682. The minimum Gasteiger partial charge on any atom is -0.455 e. The second-order valence-corrected chi connectivity index (χ2v) is 5.56. The molecule has 21 heavy (non-hydrogen) atoms. The van der Waals surface area contributed by atoms with Gasteiger partial charge in [-0.15, -0.1) is 0 Å². The number of benzene rings is 1. The monoisotopic (exact) mass is 356 g/mol. The van der Waals surface area contributed by atoms with Crippen molar-refractivity contribution in [3.05, 3.63) is 34.3 Å². The fourth-order valence-corrected chi connectivity index (χ4v) is 1.69. The van der Waals surface area contributed by atoms with E-state index in [-0.39, 0.29) is 12.5 Å². The highest BCUT2D eigenvalue weighted by molar-refractivity contribution is 9.10. The minimum atomic E-state index is -0.669. The normalized spacial score (nSPS) is 10.1. The van der Waals surface area contributed by atoms with Crippen molar-refractivity contribution >= 4 is 33.8 Å². The lowest BCUT2D eigenvalue weighted by atomic mass is 10.2. The Kier molecular flexibility index (Phi) is 6.87. The van der Waals surface area contributed by atoms with Gasteiger partial charge >= 0.3 is 12.0 Å². The summed E-state index contributed by atoms with van der Waals surface area (Å²) in [4.78, 5) is 34.2. The number of amides is 3. The Morgan fingerprint density at radius 2 is 1.81 bits per heavy atom. The number of rotatable bonds is 5. The number of ether oxygens (including phenoxy) is 1. The van der Waals surface area contributed by atoms with Gasteiger partial charge in [0, 0.05) is 10.5 Å². The van der Waals surface area contributed by atoms with Crippen LogP contribution in [-0.2, 0) is 20.7 Å². The molecule has 0 unspecified atom stereocenters. The molecule has 0 spiro atoms. The molecule has 0 fully saturated rings. The molecule has 0 aromatic heterocycles. The van der Waals surface area contributed by atoms with Crippen LogP contribution >= 0.6 is 15.9 Å². The zero-order chi connectivity index (χ0) is 15.8. The number of carbonyl (C=O) groups excluding carboxylic acids is 3. The third-order valence-electron chi connectivity index (χ3n) is 2.30. The number of imide groups is 1. The van der Waals surface area contributed by atoms with Crippen molar-refractivity contribution in [2.24, 2.45) is 0 Å². The summed E-state index contributed by atoms with van der Waals surface area (Å²) in [7, 11) is 0. The van der Waals surface area contributed by atoms with E-state index in [1.165, 1.54) is 0 Å². The molecule has 0 aliphatic heterocycles. The van der Waals surface area contributed by atoms with Gasteiger partial charge in [-0.1, -0.05) is 28.1 Å². The van der Waals surface area contributed by atoms with Crippen molar-refractivity contribution in [1.82, 2.24) is 10.6 Å². The third-order valence-corrected chi connectivity index (χ3v) is 2.83. The maximum atomic E-state index is 11.6. The van der Waals surface area contributed by atoms with E-state index in [9.17, 15) is 14.4 Å². The molecular formula is C14H17BrN2O4. The van der Waals surface area contributed by atoms with Crippen LogP contribution in [0.15, 0.2) is 28.7 Å². The van der Waals surface area contributed by atoms with E-state index in [4.69, 9.17) is 4.74 Å². The SMILES string of the molecule is CC(C)NC(=O)NC(=O)COC(=O)Cc1ccc(Br)cc1. The van der Waals surface area contributed by atoms with Crippen LogP contribution in [0.5, 0.6) is 0 Å². The van der Waals surface area contributed by atoms with Crippen LogP contribution in [0.25, 0.3) is 0 Å². The number of hydrogen-bond donors (Lipinski definition) is 2. The minimum absolute atomic E-state index is 0.0682. The van der Waals surface area contributed by atoms with E-state index >= 15 is 0 Å². The Labute approximate surface area is 131 Å². The van der Waals surface area contributed by atoms with Gasteiger partial charge in [-0.25, -0.2) is 4.79 Å². The van der Waals surface area contributed by atoms with Gasteiger partial charge in [-0.2, -0.15) is 0 Å². The number of nitrogens with one attached hydrogen (secondary N) is 2. The molecule has 0 aliphatic rings. The quantitative estimate of drug-likeness (QED) is 0.787. The lowest BCUT2D eigenvalue weighted by molar-refractivity contribution is -0.147. The summed E-state index contributed by atoms with van der Waals surface area (Å²) in [6, 6.07) is 6.48. The van der Waals surface area contributed by atoms with Crippen molar-refractivity contribution in [2.45, 2.75) is 26.3 Å². The Bertz CT molecular complexity index is 514. The topological polar surface area (TPSA) is 84.5 Å². The second kappa shape index (κ2) is 8.41. The van der Waals surface area contributed by atoms with Gasteiger partial charge < -0.3 is 10.1 Å². The predicted octanol–water partition coefficient (Wildman–Crippen LogP) is 1.77. The fraction of sp³-hybridized carbons (Fsp3) is 0.357. The number of urea groups is 1. The van der Waals surface area contributed by atoms with Crippen LogP contribution < -0.4 is 10.6 Å². The number of halogens is 1. The first kappa shape index (κ1) is 17.2. The van der Waals surface area contributed by atoms with Crippen LogP contribution in [0.2, 0.25) is 0 Å². The second-order valence-electron chi connectivity index (χ2n) is 4.64. The smallest absolute Gasteiger partial charge is 0.321 e. The highest BCUT2D eigenvalue weighted by Gasteiger charge is 2.11. The lowest BCUT2D eigenvalue weighted by Crippen LogP contribution is -2.44. The van der Waals surface area contributed by atoms with Gasteiger partial charge in [-0.3, -0.25) is 14.9 Å². The van der Waals surface area contributed by atoms with Crippen LogP contribution in [0.4, 0.5) is 4.79 Å². The van der Waals surface area contributed by atoms with Crippen LogP contribution in [0, 0.1) is 0 Å². The molecule has 0 aliphatic carbocycles. The van der Waals surface area contributed by atoms with Gasteiger partial charge in [0.1, 0.15) is 0 Å². The van der Waals surface area contributed by atoms with Gasteiger partial charge in [0.25, 0.3) is 5.91 Å². The molecular weight excluding hydrogens is 340 g/mol. The first-order chi connectivity index (χ1) is 9.86. The molecule has 2 N–H and O–H groups in total. The van der Waals surface area contributed by atoms with Crippen molar-refractivity contribution < 1.29 is 19.1 Å². The van der Waals surface area contributed by atoms with Gasteiger partial charge in [0.2, 0.25) is 0 Å². The molecule has 0 heterocycles. The standard InChI is InChI=1S/C14H17BrN2O4/c1-9(2)16-14(20)17-12(18)8-21-13(19)7-10-3-5-11(15)6-4-10/h3-6,9H,7-8H2,1-2H3,(H2,16,17,18,20). The number of carbonyl (C=O) groups is 3. The Hall–Kier alpha value is -1.89. The molecule has 0 saturated carbocycles. The van der Waals surface area contributed by atoms with E-state index in [0.29, 0.717) is 0 Å². The average molecular weight is 357 g/mol. The van der Waals surface area contributed by atoms with Gasteiger partial charge in [-0.05, 0) is 31.5 Å². The summed E-state index contributed by atoms with van der Waals surface area (Å²) in [5.41, 5.74) is 0.779. The van der Waals surface area contributed by atoms with E-state index in [0.717, 1.165) is 10.0 Å². The lowest BCUT2D eigenvalue weighted by Gasteiger charge is -2.09. The van der Waals surface area contributed by atoms with Crippen molar-refractivity contribution in [3.8, 4) is 0 Å². The van der Waals surface area contributed by atoms with E-state index in [1.807, 2.05) is 12.1 Å². The average Bonchev–Trinajstić information content (AvgIpc) is 2.38. The first-order valence-electron chi connectivity index (χ1n) is 6.37. The maximum Gasteiger partial charge on any atom is 0.321 e. The van der Waals surface area contributed by atoms with E-state index < -0.39 is 24.5 Å². The van der Waals surface area contributed by atoms with Crippen LogP contribution in [0.1, 0.15) is 19.4 Å². The summed E-state index contributed by atoms with van der Waals surface area (Å²) in [5, 5.41) is 4.56. The zero-order valence-corrected chi connectivity index (χ0v) is 13.4. The molecule has 1 aromatic rings. The summed E-state index contributed by atoms with van der Waals surface area (Å²) < 4.78 is 5.71. The number of hydrogen-bond acceptors (Lipinski definition) is 4. The molecule has 0 saturated heterocycles. The van der Waals surface area contributed by atoms with E-state index in [2.05, 4.69) is 26.6 Å². The predicted molar refractivity (Wildman–Crippen MR) is 80.6 cm³/mol. The highest BCUT2D eigenvalue weighted by Crippen LogP contribution is 2.11. The van der Waals surface area contributed by atoms with Crippen molar-refractivity contribution in [2.75, 3.05) is 6.61 Å². The Balaban J connectivity index is 2.31. The third kappa shape index (κ3) is 7.45. The summed E-state index contributed by atoms with van der Waals surface area (Å²) in [6.45, 7) is 3.05. The largest absolute Gasteiger partial charge is 0.455 e. The fourth-order valence-electron chi connectivity index (χ4n) is 1.43.